The highest BCUT2D eigenvalue weighted by Crippen LogP contribution is 2.22. The van der Waals surface area contributed by atoms with Gasteiger partial charge in [0.15, 0.2) is 5.65 Å². The molecule has 6 aromatic rings. The molecule has 0 bridgehead atoms. The van der Waals surface area contributed by atoms with Crippen LogP contribution in [0.2, 0.25) is 0 Å². The Morgan fingerprint density at radius 1 is 1.00 bits per heavy atom. The van der Waals surface area contributed by atoms with Gasteiger partial charge in [0.25, 0.3) is 11.5 Å². The van der Waals surface area contributed by atoms with Crippen molar-refractivity contribution in [2.75, 3.05) is 0 Å². The Kier molecular flexibility index (Phi) is 6.42. The fraction of sp³-hybridized carbons (Fsp3) is 0.133. The van der Waals surface area contributed by atoms with Crippen LogP contribution in [0.4, 0.5) is 0 Å². The molecular weight excluding hydrogens is 522 g/mol. The Morgan fingerprint density at radius 2 is 1.82 bits per heavy atom. The molecule has 0 saturated carbocycles. The minimum absolute atomic E-state index is 0.271. The molecule has 0 aliphatic carbocycles. The zero-order valence-electron chi connectivity index (χ0n) is 21.9. The first kappa shape index (κ1) is 25.2. The van der Waals surface area contributed by atoms with E-state index in [0.717, 1.165) is 10.6 Å². The number of aromatic nitrogens is 6. The van der Waals surface area contributed by atoms with E-state index in [0.29, 0.717) is 44.9 Å². The van der Waals surface area contributed by atoms with Crippen LogP contribution in [0.25, 0.3) is 22.2 Å². The molecule has 1 amide bonds. The van der Waals surface area contributed by atoms with Crippen LogP contribution in [-0.2, 0) is 0 Å². The first-order valence-electron chi connectivity index (χ1n) is 12.6. The highest BCUT2D eigenvalue weighted by atomic mass is 32.1. The minimum atomic E-state index is -0.627. The van der Waals surface area contributed by atoms with Crippen molar-refractivity contribution < 1.29 is 4.79 Å². The second-order valence-electron chi connectivity index (χ2n) is 9.21. The molecule has 4 aromatic heterocycles. The third kappa shape index (κ3) is 4.42. The Balaban J connectivity index is 1.48. The zero-order valence-corrected chi connectivity index (χ0v) is 22.7. The number of carbonyl (C=O) groups excluding carboxylic acids is 1. The molecule has 0 spiro atoms. The van der Waals surface area contributed by atoms with Gasteiger partial charge in [-0.2, -0.15) is 5.10 Å². The Hall–Kier alpha value is -5.14. The number of benzene rings is 2. The smallest absolute Gasteiger partial charge is 0.267 e. The summed E-state index contributed by atoms with van der Waals surface area (Å²) in [5, 5.41) is 7.81. The van der Waals surface area contributed by atoms with E-state index >= 15 is 0 Å². The lowest BCUT2D eigenvalue weighted by Crippen LogP contribution is -2.33. The van der Waals surface area contributed by atoms with Gasteiger partial charge in [0.1, 0.15) is 11.4 Å². The first-order chi connectivity index (χ1) is 19.4. The van der Waals surface area contributed by atoms with Gasteiger partial charge in [-0.3, -0.25) is 14.2 Å². The highest BCUT2D eigenvalue weighted by molar-refractivity contribution is 7.10. The van der Waals surface area contributed by atoms with Crippen LogP contribution in [0.1, 0.15) is 51.0 Å². The number of amides is 1. The van der Waals surface area contributed by atoms with Crippen LogP contribution in [-0.4, -0.2) is 35.0 Å². The average molecular weight is 546 g/mol. The van der Waals surface area contributed by atoms with E-state index in [4.69, 9.17) is 4.98 Å². The van der Waals surface area contributed by atoms with E-state index in [2.05, 4.69) is 32.2 Å². The summed E-state index contributed by atoms with van der Waals surface area (Å²) in [6.45, 7) is 5.47. The van der Waals surface area contributed by atoms with Gasteiger partial charge in [0, 0.05) is 18.0 Å². The lowest BCUT2D eigenvalue weighted by atomic mass is 10.1. The molecule has 0 aliphatic rings. The number of rotatable bonds is 4. The number of aryl methyl sites for hydroxylation is 2. The molecule has 6 rings (SSSR count). The molecule has 0 aliphatic heterocycles. The maximum atomic E-state index is 14.2. The largest absolute Gasteiger partial charge is 0.342 e. The molecule has 4 heterocycles. The maximum Gasteiger partial charge on any atom is 0.267 e. The lowest BCUT2D eigenvalue weighted by Gasteiger charge is -2.20. The Morgan fingerprint density at radius 3 is 2.60 bits per heavy atom. The van der Waals surface area contributed by atoms with E-state index in [1.165, 1.54) is 15.9 Å². The number of carbonyl (C=O) groups is 1. The topological polar surface area (TPSA) is 107 Å². The van der Waals surface area contributed by atoms with Gasteiger partial charge in [0.2, 0.25) is 0 Å². The zero-order chi connectivity index (χ0) is 27.8. The molecule has 0 fully saturated rings. The van der Waals surface area contributed by atoms with E-state index in [9.17, 15) is 9.59 Å². The number of fused-ring (bicyclic) bond motifs is 2. The van der Waals surface area contributed by atoms with Crippen molar-refractivity contribution in [3.8, 4) is 17.5 Å². The van der Waals surface area contributed by atoms with Gasteiger partial charge >= 0.3 is 0 Å². The average Bonchev–Trinajstić information content (AvgIpc) is 3.53. The molecule has 1 N–H and O–H groups in total. The SMILES string of the molecule is Cc1ncsc1C#Cc1cccc2nc([C@H](C)NC(=O)c3c(C)nn4cccnc34)n(-c3ccccc3)c(=O)c12. The molecule has 0 unspecified atom stereocenters. The molecule has 0 radical (unpaired) electrons. The normalized spacial score (nSPS) is 11.8. The molecule has 2 aromatic carbocycles. The van der Waals surface area contributed by atoms with Crippen LogP contribution in [0.15, 0.2) is 77.3 Å². The molecule has 0 saturated heterocycles. The molecule has 1 atom stereocenters. The van der Waals surface area contributed by atoms with Crippen LogP contribution in [0, 0.1) is 25.7 Å². The maximum absolute atomic E-state index is 14.2. The van der Waals surface area contributed by atoms with Crippen LogP contribution < -0.4 is 10.9 Å². The number of nitrogens with zero attached hydrogens (tertiary/aromatic N) is 6. The Bertz CT molecular complexity index is 2030. The summed E-state index contributed by atoms with van der Waals surface area (Å²) in [6, 6.07) is 15.8. The van der Waals surface area contributed by atoms with E-state index < -0.39 is 6.04 Å². The van der Waals surface area contributed by atoms with Gasteiger partial charge < -0.3 is 5.32 Å². The van der Waals surface area contributed by atoms with Crippen molar-refractivity contribution in [1.29, 1.82) is 0 Å². The summed E-state index contributed by atoms with van der Waals surface area (Å²) in [7, 11) is 0. The monoisotopic (exact) mass is 545 g/mol. The minimum Gasteiger partial charge on any atom is -0.342 e. The van der Waals surface area contributed by atoms with Gasteiger partial charge in [-0.25, -0.2) is 19.5 Å². The van der Waals surface area contributed by atoms with Crippen molar-refractivity contribution in [3.05, 3.63) is 116 Å². The summed E-state index contributed by atoms with van der Waals surface area (Å²) in [4.78, 5) is 41.9. The molecule has 9 nitrogen and oxygen atoms in total. The standard InChI is InChI=1S/C30H23N7O2S/c1-18-24(40-17-32-18)14-13-21-9-7-12-23-26(21)30(39)37(22-10-5-4-6-11-22)27(34-23)20(3)33-29(38)25-19(2)35-36-16-8-15-31-28(25)36/h4-12,15-17,20H,1-3H3,(H,33,38)/t20-/m0/s1. The fourth-order valence-electron chi connectivity index (χ4n) is 4.61. The Labute approximate surface area is 233 Å². The predicted molar refractivity (Wildman–Crippen MR) is 154 cm³/mol. The van der Waals surface area contributed by atoms with Gasteiger partial charge in [0.05, 0.1) is 44.4 Å². The van der Waals surface area contributed by atoms with Crippen LogP contribution in [0.5, 0.6) is 0 Å². The predicted octanol–water partition coefficient (Wildman–Crippen LogP) is 4.39. The van der Waals surface area contributed by atoms with E-state index in [1.807, 2.05) is 49.4 Å². The summed E-state index contributed by atoms with van der Waals surface area (Å²) >= 11 is 1.46. The van der Waals surface area contributed by atoms with Crippen molar-refractivity contribution >= 4 is 33.8 Å². The van der Waals surface area contributed by atoms with Crippen molar-refractivity contribution in [2.24, 2.45) is 0 Å². The number of hydrogen-bond acceptors (Lipinski definition) is 7. The highest BCUT2D eigenvalue weighted by Gasteiger charge is 2.24. The summed E-state index contributed by atoms with van der Waals surface area (Å²) in [5.41, 5.74) is 5.40. The number of thiazole rings is 1. The number of hydrogen-bond donors (Lipinski definition) is 1. The van der Waals surface area contributed by atoms with Crippen molar-refractivity contribution in [3.63, 3.8) is 0 Å². The van der Waals surface area contributed by atoms with Gasteiger partial charge in [-0.05, 0) is 57.0 Å². The number of para-hydroxylation sites is 1. The molecule has 40 heavy (non-hydrogen) atoms. The lowest BCUT2D eigenvalue weighted by molar-refractivity contribution is 0.0938. The second kappa shape index (κ2) is 10.2. The van der Waals surface area contributed by atoms with Gasteiger partial charge in [-0.1, -0.05) is 30.2 Å². The molecule has 196 valence electrons. The van der Waals surface area contributed by atoms with Crippen LogP contribution in [0.3, 0.4) is 0 Å². The van der Waals surface area contributed by atoms with Crippen molar-refractivity contribution in [1.82, 2.24) is 34.4 Å². The quantitative estimate of drug-likeness (QED) is 0.329. The molecular formula is C30H23N7O2S. The van der Waals surface area contributed by atoms with Gasteiger partial charge in [-0.15, -0.1) is 11.3 Å². The third-order valence-electron chi connectivity index (χ3n) is 6.53. The molecule has 10 heteroatoms. The van der Waals surface area contributed by atoms with Crippen molar-refractivity contribution in [2.45, 2.75) is 26.8 Å². The second-order valence-corrected chi connectivity index (χ2v) is 10.1. The van der Waals surface area contributed by atoms with E-state index in [1.54, 1.807) is 48.4 Å². The third-order valence-corrected chi connectivity index (χ3v) is 7.37. The van der Waals surface area contributed by atoms with Crippen LogP contribution >= 0.6 is 11.3 Å². The summed E-state index contributed by atoms with van der Waals surface area (Å²) < 4.78 is 3.11. The van der Waals surface area contributed by atoms with E-state index in [-0.39, 0.29) is 11.5 Å². The number of nitrogens with one attached hydrogen (secondary N) is 1. The fourth-order valence-corrected chi connectivity index (χ4v) is 5.26. The summed E-state index contributed by atoms with van der Waals surface area (Å²) in [5.74, 6) is 6.34. The summed E-state index contributed by atoms with van der Waals surface area (Å²) in [6.07, 6.45) is 3.36. The first-order valence-corrected chi connectivity index (χ1v) is 13.4.